The maximum Gasteiger partial charge on any atom is 0.323 e. The van der Waals surface area contributed by atoms with Crippen LogP contribution in [0.2, 0.25) is 0 Å². The summed E-state index contributed by atoms with van der Waals surface area (Å²) in [6.07, 6.45) is 5.19. The molecule has 1 saturated heterocycles. The van der Waals surface area contributed by atoms with Crippen LogP contribution in [-0.4, -0.2) is 63.4 Å². The van der Waals surface area contributed by atoms with Crippen LogP contribution in [0.4, 0.5) is 0 Å². The lowest BCUT2D eigenvalue weighted by atomic mass is 10.1. The van der Waals surface area contributed by atoms with Crippen molar-refractivity contribution in [2.24, 2.45) is 0 Å². The third kappa shape index (κ3) is 4.51. The van der Waals surface area contributed by atoms with E-state index in [9.17, 15) is 14.4 Å². The molecule has 23 heavy (non-hydrogen) atoms. The lowest BCUT2D eigenvalue weighted by Gasteiger charge is -2.28. The van der Waals surface area contributed by atoms with Crippen LogP contribution in [0.15, 0.2) is 24.5 Å². The quantitative estimate of drug-likeness (QED) is 0.894. The number of carboxylic acid groups (broad SMARTS) is 1. The minimum atomic E-state index is -1.02. The van der Waals surface area contributed by atoms with Crippen LogP contribution in [0.1, 0.15) is 36.5 Å². The van der Waals surface area contributed by atoms with Gasteiger partial charge in [-0.1, -0.05) is 0 Å². The number of pyridine rings is 1. The Bertz CT molecular complexity index is 576. The van der Waals surface area contributed by atoms with E-state index in [-0.39, 0.29) is 24.4 Å². The highest BCUT2D eigenvalue weighted by atomic mass is 16.4. The molecule has 2 amide bonds. The molecule has 0 bridgehead atoms. The van der Waals surface area contributed by atoms with Gasteiger partial charge in [-0.2, -0.15) is 0 Å². The van der Waals surface area contributed by atoms with Crippen LogP contribution in [0.5, 0.6) is 0 Å². The van der Waals surface area contributed by atoms with Crippen molar-refractivity contribution in [2.75, 3.05) is 19.6 Å². The summed E-state index contributed by atoms with van der Waals surface area (Å²) in [5.41, 5.74) is 0.590. The van der Waals surface area contributed by atoms with E-state index < -0.39 is 5.97 Å². The SMILES string of the molecule is CC(=O)N(CC(=O)O)C1CCCN(C(=O)c2ccncc2)CC1. The fourth-order valence-corrected chi connectivity index (χ4v) is 2.91. The van der Waals surface area contributed by atoms with Crippen LogP contribution < -0.4 is 0 Å². The highest BCUT2D eigenvalue weighted by Crippen LogP contribution is 2.18. The van der Waals surface area contributed by atoms with Crippen LogP contribution in [0.25, 0.3) is 0 Å². The molecule has 0 radical (unpaired) electrons. The van der Waals surface area contributed by atoms with Crippen LogP contribution in [0, 0.1) is 0 Å². The second-order valence-corrected chi connectivity index (χ2v) is 5.65. The summed E-state index contributed by atoms with van der Waals surface area (Å²) in [5.74, 6) is -1.32. The molecule has 2 heterocycles. The summed E-state index contributed by atoms with van der Waals surface area (Å²) in [7, 11) is 0. The molecule has 1 aromatic rings. The monoisotopic (exact) mass is 319 g/mol. The number of likely N-dealkylation sites (tertiary alicyclic amines) is 1. The topological polar surface area (TPSA) is 90.8 Å². The van der Waals surface area contributed by atoms with E-state index in [4.69, 9.17) is 5.11 Å². The van der Waals surface area contributed by atoms with Gasteiger partial charge in [-0.3, -0.25) is 19.4 Å². The first-order chi connectivity index (χ1) is 11.0. The molecule has 124 valence electrons. The maximum absolute atomic E-state index is 12.5. The summed E-state index contributed by atoms with van der Waals surface area (Å²) >= 11 is 0. The van der Waals surface area contributed by atoms with Gasteiger partial charge in [0.2, 0.25) is 5.91 Å². The molecule has 1 aliphatic rings. The van der Waals surface area contributed by atoms with Crippen molar-refractivity contribution >= 4 is 17.8 Å². The third-order valence-corrected chi connectivity index (χ3v) is 4.06. The molecule has 0 spiro atoms. The number of hydrogen-bond donors (Lipinski definition) is 1. The fourth-order valence-electron chi connectivity index (χ4n) is 2.91. The zero-order valence-corrected chi connectivity index (χ0v) is 13.1. The van der Waals surface area contributed by atoms with Gasteiger partial charge >= 0.3 is 5.97 Å². The van der Waals surface area contributed by atoms with Gasteiger partial charge in [0.05, 0.1) is 0 Å². The van der Waals surface area contributed by atoms with Gasteiger partial charge in [0.15, 0.2) is 0 Å². The zero-order valence-electron chi connectivity index (χ0n) is 13.1. The van der Waals surface area contributed by atoms with Crippen molar-refractivity contribution in [3.63, 3.8) is 0 Å². The third-order valence-electron chi connectivity index (χ3n) is 4.06. The maximum atomic E-state index is 12.5. The van der Waals surface area contributed by atoms with Crippen molar-refractivity contribution < 1.29 is 19.5 Å². The van der Waals surface area contributed by atoms with Gasteiger partial charge in [0.25, 0.3) is 5.91 Å². The van der Waals surface area contributed by atoms with Gasteiger partial charge in [-0.25, -0.2) is 0 Å². The van der Waals surface area contributed by atoms with Crippen LogP contribution in [-0.2, 0) is 9.59 Å². The van der Waals surface area contributed by atoms with Crippen LogP contribution >= 0.6 is 0 Å². The van der Waals surface area contributed by atoms with E-state index in [0.29, 0.717) is 31.5 Å². The van der Waals surface area contributed by atoms with E-state index in [2.05, 4.69) is 4.98 Å². The predicted molar refractivity (Wildman–Crippen MR) is 82.8 cm³/mol. The Morgan fingerprint density at radius 1 is 1.26 bits per heavy atom. The molecule has 1 unspecified atom stereocenters. The number of carbonyl (C=O) groups excluding carboxylic acids is 2. The molecular formula is C16H21N3O4. The summed E-state index contributed by atoms with van der Waals surface area (Å²) in [6.45, 7) is 2.21. The van der Waals surface area contributed by atoms with Crippen LogP contribution in [0.3, 0.4) is 0 Å². The molecule has 0 aromatic carbocycles. The second-order valence-electron chi connectivity index (χ2n) is 5.65. The van der Waals surface area contributed by atoms with Gasteiger partial charge in [-0.05, 0) is 31.4 Å². The molecule has 1 aliphatic heterocycles. The molecule has 1 fully saturated rings. The molecule has 1 atom stereocenters. The van der Waals surface area contributed by atoms with E-state index >= 15 is 0 Å². The Labute approximate surface area is 134 Å². The Balaban J connectivity index is 2.02. The number of nitrogens with zero attached hydrogens (tertiary/aromatic N) is 3. The number of hydrogen-bond acceptors (Lipinski definition) is 4. The van der Waals surface area contributed by atoms with Crippen molar-refractivity contribution in [1.82, 2.24) is 14.8 Å². The average molecular weight is 319 g/mol. The summed E-state index contributed by atoms with van der Waals surface area (Å²) < 4.78 is 0. The molecular weight excluding hydrogens is 298 g/mol. The standard InChI is InChI=1S/C16H21N3O4/c1-12(20)19(11-15(21)22)14-3-2-9-18(10-6-14)16(23)13-4-7-17-8-5-13/h4-5,7-8,14H,2-3,6,9-11H2,1H3,(H,21,22). The largest absolute Gasteiger partial charge is 0.480 e. The normalized spacial score (nSPS) is 18.1. The molecule has 0 aliphatic carbocycles. The molecule has 0 saturated carbocycles. The molecule has 7 heteroatoms. The molecule has 1 N–H and O–H groups in total. The summed E-state index contributed by atoms with van der Waals surface area (Å²) in [5, 5.41) is 8.96. The Morgan fingerprint density at radius 2 is 1.96 bits per heavy atom. The fraction of sp³-hybridized carbons (Fsp3) is 0.500. The number of aromatic nitrogens is 1. The van der Waals surface area contributed by atoms with E-state index in [1.165, 1.54) is 11.8 Å². The summed E-state index contributed by atoms with van der Waals surface area (Å²) in [6, 6.07) is 3.22. The van der Waals surface area contributed by atoms with E-state index in [0.717, 1.165) is 6.42 Å². The number of aliphatic carboxylic acids is 1. The Hall–Kier alpha value is -2.44. The number of amides is 2. The number of carboxylic acids is 1. The highest BCUT2D eigenvalue weighted by molar-refractivity contribution is 5.94. The van der Waals surface area contributed by atoms with Gasteiger partial charge in [0.1, 0.15) is 6.54 Å². The second kappa shape index (κ2) is 7.71. The van der Waals surface area contributed by atoms with Gasteiger partial charge in [0, 0.05) is 44.0 Å². The summed E-state index contributed by atoms with van der Waals surface area (Å²) in [4.78, 5) is 42.2. The molecule has 2 rings (SSSR count). The Morgan fingerprint density at radius 3 is 2.57 bits per heavy atom. The highest BCUT2D eigenvalue weighted by Gasteiger charge is 2.27. The smallest absolute Gasteiger partial charge is 0.323 e. The van der Waals surface area contributed by atoms with Gasteiger partial charge in [-0.15, -0.1) is 0 Å². The zero-order chi connectivity index (χ0) is 16.8. The lowest BCUT2D eigenvalue weighted by molar-refractivity contribution is -0.145. The first-order valence-corrected chi connectivity index (χ1v) is 7.67. The minimum absolute atomic E-state index is 0.0549. The predicted octanol–water partition coefficient (Wildman–Crippen LogP) is 1.01. The molecule has 7 nitrogen and oxygen atoms in total. The van der Waals surface area contributed by atoms with Crippen molar-refractivity contribution in [3.05, 3.63) is 30.1 Å². The number of carbonyl (C=O) groups is 3. The van der Waals surface area contributed by atoms with Gasteiger partial charge < -0.3 is 14.9 Å². The van der Waals surface area contributed by atoms with Crippen molar-refractivity contribution in [2.45, 2.75) is 32.2 Å². The minimum Gasteiger partial charge on any atom is -0.480 e. The Kier molecular flexibility index (Phi) is 5.67. The first-order valence-electron chi connectivity index (χ1n) is 7.67. The number of rotatable bonds is 4. The van der Waals surface area contributed by atoms with E-state index in [1.807, 2.05) is 0 Å². The first kappa shape index (κ1) is 16.9. The molecule has 1 aromatic heterocycles. The van der Waals surface area contributed by atoms with Crippen molar-refractivity contribution in [3.8, 4) is 0 Å². The van der Waals surface area contributed by atoms with E-state index in [1.54, 1.807) is 29.4 Å². The van der Waals surface area contributed by atoms with Crippen molar-refractivity contribution in [1.29, 1.82) is 0 Å². The lowest BCUT2D eigenvalue weighted by Crippen LogP contribution is -2.43. The average Bonchev–Trinajstić information content (AvgIpc) is 2.78.